The number of nitrogens with two attached hydrogens (primary N) is 1. The van der Waals surface area contributed by atoms with E-state index in [0.717, 1.165) is 18.7 Å². The van der Waals surface area contributed by atoms with Gasteiger partial charge in [0.25, 0.3) is 0 Å². The highest BCUT2D eigenvalue weighted by Crippen LogP contribution is 2.31. The third kappa shape index (κ3) is 2.47. The van der Waals surface area contributed by atoms with Gasteiger partial charge in [0.2, 0.25) is 0 Å². The van der Waals surface area contributed by atoms with Crippen LogP contribution in [0.3, 0.4) is 0 Å². The van der Waals surface area contributed by atoms with Crippen molar-refractivity contribution >= 4 is 5.69 Å². The van der Waals surface area contributed by atoms with Gasteiger partial charge in [-0.15, -0.1) is 0 Å². The van der Waals surface area contributed by atoms with E-state index in [-0.39, 0.29) is 6.04 Å². The van der Waals surface area contributed by atoms with E-state index in [1.165, 1.54) is 16.8 Å². The molecule has 0 aliphatic carbocycles. The van der Waals surface area contributed by atoms with E-state index < -0.39 is 0 Å². The molecule has 0 radical (unpaired) electrons. The standard InChI is InChI=1S/C18H20N2/c1-14-9-10-16(17(13-14)20-11-5-6-12-20)18(19)15-7-3-2-4-8-15/h2-10,13,18H,11-12,19H2,1H3. The smallest absolute Gasteiger partial charge is 0.0572 e. The van der Waals surface area contributed by atoms with Crippen molar-refractivity contribution < 1.29 is 0 Å². The average molecular weight is 264 g/mol. The zero-order valence-electron chi connectivity index (χ0n) is 11.8. The number of hydrogen-bond donors (Lipinski definition) is 1. The summed E-state index contributed by atoms with van der Waals surface area (Å²) >= 11 is 0. The van der Waals surface area contributed by atoms with Gasteiger partial charge in [0.1, 0.15) is 0 Å². The third-order valence-corrected chi connectivity index (χ3v) is 3.84. The maximum absolute atomic E-state index is 6.49. The van der Waals surface area contributed by atoms with Gasteiger partial charge in [0.05, 0.1) is 6.04 Å². The number of rotatable bonds is 3. The average Bonchev–Trinajstić information content (AvgIpc) is 3.01. The van der Waals surface area contributed by atoms with Crippen molar-refractivity contribution in [2.24, 2.45) is 5.73 Å². The highest BCUT2D eigenvalue weighted by molar-refractivity contribution is 5.60. The van der Waals surface area contributed by atoms with Gasteiger partial charge in [-0.1, -0.05) is 54.6 Å². The van der Waals surface area contributed by atoms with Gasteiger partial charge >= 0.3 is 0 Å². The second-order valence-electron chi connectivity index (χ2n) is 5.33. The molecule has 0 fully saturated rings. The Kier molecular flexibility index (Phi) is 3.57. The lowest BCUT2D eigenvalue weighted by atomic mass is 9.96. The van der Waals surface area contributed by atoms with Crippen LogP contribution in [0.5, 0.6) is 0 Å². The molecule has 0 aromatic heterocycles. The first-order chi connectivity index (χ1) is 9.75. The van der Waals surface area contributed by atoms with Crippen LogP contribution in [0, 0.1) is 6.92 Å². The highest BCUT2D eigenvalue weighted by atomic mass is 15.1. The lowest BCUT2D eigenvalue weighted by Gasteiger charge is -2.25. The van der Waals surface area contributed by atoms with Crippen LogP contribution in [0.15, 0.2) is 60.7 Å². The molecule has 20 heavy (non-hydrogen) atoms. The van der Waals surface area contributed by atoms with Crippen molar-refractivity contribution in [2.75, 3.05) is 18.0 Å². The molecule has 2 aromatic rings. The number of nitrogens with zero attached hydrogens (tertiary/aromatic N) is 1. The number of benzene rings is 2. The molecular formula is C18H20N2. The van der Waals surface area contributed by atoms with Gasteiger partial charge in [-0.3, -0.25) is 0 Å². The predicted octanol–water partition coefficient (Wildman–Crippen LogP) is 3.42. The maximum Gasteiger partial charge on any atom is 0.0572 e. The summed E-state index contributed by atoms with van der Waals surface area (Å²) in [7, 11) is 0. The van der Waals surface area contributed by atoms with E-state index in [9.17, 15) is 0 Å². The number of hydrogen-bond acceptors (Lipinski definition) is 2. The molecule has 2 aromatic carbocycles. The molecule has 3 rings (SSSR count). The summed E-state index contributed by atoms with van der Waals surface area (Å²) in [6, 6.07) is 16.8. The van der Waals surface area contributed by atoms with Crippen molar-refractivity contribution in [3.8, 4) is 0 Å². The molecule has 1 aliphatic rings. The van der Waals surface area contributed by atoms with E-state index in [4.69, 9.17) is 5.73 Å². The first-order valence-corrected chi connectivity index (χ1v) is 7.07. The molecule has 2 N–H and O–H groups in total. The van der Waals surface area contributed by atoms with Crippen LogP contribution in [-0.2, 0) is 0 Å². The van der Waals surface area contributed by atoms with E-state index >= 15 is 0 Å². The van der Waals surface area contributed by atoms with Crippen molar-refractivity contribution in [2.45, 2.75) is 13.0 Å². The first-order valence-electron chi connectivity index (χ1n) is 7.07. The van der Waals surface area contributed by atoms with Crippen molar-refractivity contribution in [3.05, 3.63) is 77.4 Å². The first kappa shape index (κ1) is 12.9. The Hall–Kier alpha value is -2.06. The van der Waals surface area contributed by atoms with Gasteiger partial charge < -0.3 is 10.6 Å². The predicted molar refractivity (Wildman–Crippen MR) is 85.0 cm³/mol. The summed E-state index contributed by atoms with van der Waals surface area (Å²) in [6.45, 7) is 4.07. The molecule has 2 nitrogen and oxygen atoms in total. The zero-order chi connectivity index (χ0) is 13.9. The van der Waals surface area contributed by atoms with E-state index in [2.05, 4.69) is 54.3 Å². The second kappa shape index (κ2) is 5.51. The monoisotopic (exact) mass is 264 g/mol. The third-order valence-electron chi connectivity index (χ3n) is 3.84. The minimum absolute atomic E-state index is 0.0765. The summed E-state index contributed by atoms with van der Waals surface area (Å²) in [6.07, 6.45) is 4.42. The molecule has 0 saturated carbocycles. The van der Waals surface area contributed by atoms with Crippen LogP contribution >= 0.6 is 0 Å². The minimum atomic E-state index is -0.0765. The number of aryl methyl sites for hydroxylation is 1. The van der Waals surface area contributed by atoms with Gasteiger partial charge in [-0.25, -0.2) is 0 Å². The molecule has 2 heteroatoms. The molecule has 1 aliphatic heterocycles. The molecule has 0 saturated heterocycles. The summed E-state index contributed by atoms with van der Waals surface area (Å²) in [5.41, 5.74) is 11.4. The normalized spacial score (nSPS) is 15.6. The Labute approximate surface area is 120 Å². The van der Waals surface area contributed by atoms with Crippen LogP contribution in [0.25, 0.3) is 0 Å². The Morgan fingerprint density at radius 2 is 1.70 bits per heavy atom. The lowest BCUT2D eigenvalue weighted by molar-refractivity contribution is 0.854. The summed E-state index contributed by atoms with van der Waals surface area (Å²) in [5.74, 6) is 0. The van der Waals surface area contributed by atoms with Crippen molar-refractivity contribution in [1.29, 1.82) is 0 Å². The Morgan fingerprint density at radius 1 is 1.00 bits per heavy atom. The van der Waals surface area contributed by atoms with Crippen LogP contribution in [0.4, 0.5) is 5.69 Å². The van der Waals surface area contributed by atoms with Crippen LogP contribution in [-0.4, -0.2) is 13.1 Å². The number of anilines is 1. The molecular weight excluding hydrogens is 244 g/mol. The van der Waals surface area contributed by atoms with Gasteiger partial charge in [-0.2, -0.15) is 0 Å². The Morgan fingerprint density at radius 3 is 2.40 bits per heavy atom. The molecule has 102 valence electrons. The van der Waals surface area contributed by atoms with Gasteiger partial charge in [0, 0.05) is 18.8 Å². The quantitative estimate of drug-likeness (QED) is 0.861. The molecule has 0 bridgehead atoms. The van der Waals surface area contributed by atoms with Crippen molar-refractivity contribution in [3.63, 3.8) is 0 Å². The zero-order valence-corrected chi connectivity index (χ0v) is 11.8. The summed E-state index contributed by atoms with van der Waals surface area (Å²) in [4.78, 5) is 2.37. The second-order valence-corrected chi connectivity index (χ2v) is 5.33. The SMILES string of the molecule is Cc1ccc(C(N)c2ccccc2)c(N2CC=CC2)c1. The topological polar surface area (TPSA) is 29.3 Å². The fraction of sp³-hybridized carbons (Fsp3) is 0.222. The lowest BCUT2D eigenvalue weighted by Crippen LogP contribution is -2.23. The summed E-state index contributed by atoms with van der Waals surface area (Å²) < 4.78 is 0. The maximum atomic E-state index is 6.49. The van der Waals surface area contributed by atoms with Gasteiger partial charge in [-0.05, 0) is 29.7 Å². The van der Waals surface area contributed by atoms with Crippen LogP contribution < -0.4 is 10.6 Å². The molecule has 0 spiro atoms. The molecule has 1 unspecified atom stereocenters. The fourth-order valence-electron chi connectivity index (χ4n) is 2.71. The van der Waals surface area contributed by atoms with Crippen LogP contribution in [0.1, 0.15) is 22.7 Å². The van der Waals surface area contributed by atoms with Gasteiger partial charge in [0.15, 0.2) is 0 Å². The van der Waals surface area contributed by atoms with E-state index in [1.807, 2.05) is 18.2 Å². The Balaban J connectivity index is 2.00. The van der Waals surface area contributed by atoms with E-state index in [1.54, 1.807) is 0 Å². The summed E-state index contributed by atoms with van der Waals surface area (Å²) in [5, 5.41) is 0. The van der Waals surface area contributed by atoms with Crippen molar-refractivity contribution in [1.82, 2.24) is 0 Å². The van der Waals surface area contributed by atoms with Crippen LogP contribution in [0.2, 0.25) is 0 Å². The molecule has 0 amide bonds. The molecule has 1 heterocycles. The highest BCUT2D eigenvalue weighted by Gasteiger charge is 2.18. The minimum Gasteiger partial charge on any atom is -0.364 e. The Bertz CT molecular complexity index is 609. The van der Waals surface area contributed by atoms with E-state index in [0.29, 0.717) is 0 Å². The molecule has 1 atom stereocenters. The fourth-order valence-corrected chi connectivity index (χ4v) is 2.71. The largest absolute Gasteiger partial charge is 0.364 e.